The van der Waals surface area contributed by atoms with E-state index in [0.29, 0.717) is 38.0 Å². The van der Waals surface area contributed by atoms with Crippen LogP contribution in [0.4, 0.5) is 5.69 Å². The van der Waals surface area contributed by atoms with Crippen molar-refractivity contribution in [3.05, 3.63) is 36.4 Å². The third kappa shape index (κ3) is 4.81. The maximum absolute atomic E-state index is 13.3. The predicted molar refractivity (Wildman–Crippen MR) is 128 cm³/mol. The number of allylic oxidation sites excluding steroid dienone is 2. The Balaban J connectivity index is 1.50. The lowest BCUT2D eigenvalue weighted by atomic mass is 9.85. The molecule has 4 rings (SSSR count). The van der Waals surface area contributed by atoms with Crippen molar-refractivity contribution in [1.29, 1.82) is 0 Å². The number of hydrogen-bond acceptors (Lipinski definition) is 5. The number of carbonyl (C=O) groups is 3. The Morgan fingerprint density at radius 3 is 2.06 bits per heavy atom. The smallest absolute Gasteiger partial charge is 0.247 e. The first-order valence-electron chi connectivity index (χ1n) is 12.1. The minimum Gasteiger partial charge on any atom is -0.324 e. The molecule has 0 spiro atoms. The maximum Gasteiger partial charge on any atom is 0.247 e. The fraction of sp³-hybridized carbons (Fsp3) is 0.560. The van der Waals surface area contributed by atoms with Gasteiger partial charge in [-0.1, -0.05) is 32.4 Å². The number of piperidine rings is 1. The zero-order chi connectivity index (χ0) is 24.5. The van der Waals surface area contributed by atoms with Crippen molar-refractivity contribution < 1.29 is 22.8 Å². The van der Waals surface area contributed by atoms with E-state index in [1.807, 2.05) is 26.0 Å². The third-order valence-electron chi connectivity index (χ3n) is 6.93. The molecule has 184 valence electrons. The third-order valence-corrected chi connectivity index (χ3v) is 8.84. The standard InChI is InChI=1S/C25H33N3O5S/c1-17(2)16-22(28-24(30)20-8-4-5-9-21(20)25(28)31)23(29)26-18-10-12-19(13-11-18)34(32,33)27-14-6-3-7-15-27/h4-5,10-13,17,20-22H,3,6-9,14-16H2,1-2H3,(H,26,29). The number of sulfonamides is 1. The average Bonchev–Trinajstić information content (AvgIpc) is 3.08. The Bertz CT molecular complexity index is 1050. The molecule has 3 aliphatic rings. The van der Waals surface area contributed by atoms with Crippen molar-refractivity contribution in [2.45, 2.75) is 63.3 Å². The van der Waals surface area contributed by atoms with E-state index in [9.17, 15) is 22.8 Å². The van der Waals surface area contributed by atoms with Crippen molar-refractivity contribution in [3.63, 3.8) is 0 Å². The molecule has 3 amide bonds. The summed E-state index contributed by atoms with van der Waals surface area (Å²) in [4.78, 5) is 40.7. The molecule has 3 unspecified atom stereocenters. The Kier molecular flexibility index (Phi) is 7.23. The Labute approximate surface area is 201 Å². The summed E-state index contributed by atoms with van der Waals surface area (Å²) in [5, 5.41) is 2.80. The van der Waals surface area contributed by atoms with Crippen LogP contribution in [-0.4, -0.2) is 54.5 Å². The number of rotatable bonds is 7. The lowest BCUT2D eigenvalue weighted by molar-refractivity contribution is -0.147. The highest BCUT2D eigenvalue weighted by atomic mass is 32.2. The Morgan fingerprint density at radius 1 is 0.971 bits per heavy atom. The molecule has 8 nitrogen and oxygen atoms in total. The lowest BCUT2D eigenvalue weighted by Gasteiger charge is -2.27. The summed E-state index contributed by atoms with van der Waals surface area (Å²) in [6.07, 6.45) is 8.00. The monoisotopic (exact) mass is 487 g/mol. The van der Waals surface area contributed by atoms with Gasteiger partial charge in [-0.3, -0.25) is 19.3 Å². The molecular weight excluding hydrogens is 454 g/mol. The molecule has 2 heterocycles. The van der Waals surface area contributed by atoms with E-state index in [1.54, 1.807) is 12.1 Å². The Hall–Kier alpha value is -2.52. The zero-order valence-electron chi connectivity index (χ0n) is 19.8. The lowest BCUT2D eigenvalue weighted by Crippen LogP contribution is -2.48. The maximum atomic E-state index is 13.3. The fourth-order valence-corrected chi connectivity index (χ4v) is 6.62. The number of fused-ring (bicyclic) bond motifs is 1. The first kappa shape index (κ1) is 24.6. The molecule has 3 atom stereocenters. The van der Waals surface area contributed by atoms with Crippen molar-refractivity contribution in [1.82, 2.24) is 9.21 Å². The van der Waals surface area contributed by atoms with Crippen LogP contribution in [-0.2, 0) is 24.4 Å². The van der Waals surface area contributed by atoms with Gasteiger partial charge in [-0.2, -0.15) is 4.31 Å². The van der Waals surface area contributed by atoms with E-state index in [1.165, 1.54) is 21.3 Å². The van der Waals surface area contributed by atoms with Crippen LogP contribution in [0.25, 0.3) is 0 Å². The van der Waals surface area contributed by atoms with Crippen LogP contribution < -0.4 is 5.32 Å². The number of imide groups is 1. The van der Waals surface area contributed by atoms with Crippen LogP contribution in [0.3, 0.4) is 0 Å². The SMILES string of the molecule is CC(C)CC(C(=O)Nc1ccc(S(=O)(=O)N2CCCCC2)cc1)N1C(=O)C2CC=CCC2C1=O. The molecule has 0 bridgehead atoms. The number of likely N-dealkylation sites (tertiary alicyclic amines) is 1. The van der Waals surface area contributed by atoms with Crippen molar-refractivity contribution in [2.75, 3.05) is 18.4 Å². The molecule has 1 N–H and O–H groups in total. The molecule has 2 saturated heterocycles. The summed E-state index contributed by atoms with van der Waals surface area (Å²) in [5.74, 6) is -1.67. The van der Waals surface area contributed by atoms with Crippen molar-refractivity contribution in [2.24, 2.45) is 17.8 Å². The fourth-order valence-electron chi connectivity index (χ4n) is 5.10. The van der Waals surface area contributed by atoms with Gasteiger partial charge in [0.2, 0.25) is 27.7 Å². The van der Waals surface area contributed by atoms with Gasteiger partial charge in [0.05, 0.1) is 16.7 Å². The second kappa shape index (κ2) is 10.00. The number of benzene rings is 1. The van der Waals surface area contributed by atoms with Crippen LogP contribution in [0.2, 0.25) is 0 Å². The van der Waals surface area contributed by atoms with E-state index >= 15 is 0 Å². The molecule has 2 fully saturated rings. The highest BCUT2D eigenvalue weighted by Crippen LogP contribution is 2.37. The minimum absolute atomic E-state index is 0.0918. The van der Waals surface area contributed by atoms with E-state index in [4.69, 9.17) is 0 Å². The summed E-state index contributed by atoms with van der Waals surface area (Å²) in [6, 6.07) is 5.19. The minimum atomic E-state index is -3.56. The summed E-state index contributed by atoms with van der Waals surface area (Å²) >= 11 is 0. The topological polar surface area (TPSA) is 104 Å². The van der Waals surface area contributed by atoms with Gasteiger partial charge in [0.25, 0.3) is 0 Å². The van der Waals surface area contributed by atoms with Crippen LogP contribution in [0.1, 0.15) is 52.4 Å². The van der Waals surface area contributed by atoms with Crippen LogP contribution in [0, 0.1) is 17.8 Å². The van der Waals surface area contributed by atoms with Gasteiger partial charge in [0, 0.05) is 18.8 Å². The van der Waals surface area contributed by atoms with E-state index < -0.39 is 22.0 Å². The average molecular weight is 488 g/mol. The van der Waals surface area contributed by atoms with Crippen molar-refractivity contribution >= 4 is 33.4 Å². The number of amides is 3. The van der Waals surface area contributed by atoms with E-state index in [-0.39, 0.29) is 34.5 Å². The molecule has 1 aromatic rings. The molecule has 0 aromatic heterocycles. The first-order valence-corrected chi connectivity index (χ1v) is 13.6. The number of nitrogens with zero attached hydrogens (tertiary/aromatic N) is 2. The summed E-state index contributed by atoms with van der Waals surface area (Å²) in [7, 11) is -3.56. The molecule has 1 aliphatic carbocycles. The van der Waals surface area contributed by atoms with Gasteiger partial charge in [-0.15, -0.1) is 0 Å². The molecular formula is C25H33N3O5S. The second-order valence-corrected chi connectivity index (χ2v) is 11.8. The molecule has 0 radical (unpaired) electrons. The van der Waals surface area contributed by atoms with Gasteiger partial charge in [0.15, 0.2) is 0 Å². The summed E-state index contributed by atoms with van der Waals surface area (Å²) < 4.78 is 27.2. The molecule has 0 saturated carbocycles. The predicted octanol–water partition coefficient (Wildman–Crippen LogP) is 3.17. The highest BCUT2D eigenvalue weighted by Gasteiger charge is 2.51. The largest absolute Gasteiger partial charge is 0.324 e. The second-order valence-electron chi connectivity index (χ2n) is 9.83. The number of carbonyl (C=O) groups excluding carboxylic acids is 3. The molecule has 1 aromatic carbocycles. The van der Waals surface area contributed by atoms with Gasteiger partial charge in [0.1, 0.15) is 6.04 Å². The molecule has 34 heavy (non-hydrogen) atoms. The van der Waals surface area contributed by atoms with Gasteiger partial charge < -0.3 is 5.32 Å². The number of nitrogens with one attached hydrogen (secondary N) is 1. The van der Waals surface area contributed by atoms with Gasteiger partial charge in [-0.05, 0) is 62.3 Å². The molecule has 2 aliphatic heterocycles. The van der Waals surface area contributed by atoms with Crippen LogP contribution >= 0.6 is 0 Å². The quantitative estimate of drug-likeness (QED) is 0.470. The summed E-state index contributed by atoms with van der Waals surface area (Å²) in [5.41, 5.74) is 0.425. The van der Waals surface area contributed by atoms with Gasteiger partial charge >= 0.3 is 0 Å². The summed E-state index contributed by atoms with van der Waals surface area (Å²) in [6.45, 7) is 4.93. The van der Waals surface area contributed by atoms with Gasteiger partial charge in [-0.25, -0.2) is 8.42 Å². The van der Waals surface area contributed by atoms with Crippen LogP contribution in [0.5, 0.6) is 0 Å². The normalized spacial score (nSPS) is 24.4. The zero-order valence-corrected chi connectivity index (χ0v) is 20.6. The van der Waals surface area contributed by atoms with E-state index in [0.717, 1.165) is 19.3 Å². The van der Waals surface area contributed by atoms with Crippen molar-refractivity contribution in [3.8, 4) is 0 Å². The van der Waals surface area contributed by atoms with Crippen LogP contribution in [0.15, 0.2) is 41.3 Å². The number of hydrogen-bond donors (Lipinski definition) is 1. The first-order chi connectivity index (χ1) is 16.2. The number of anilines is 1. The highest BCUT2D eigenvalue weighted by molar-refractivity contribution is 7.89. The Morgan fingerprint density at radius 2 is 1.53 bits per heavy atom. The van der Waals surface area contributed by atoms with E-state index in [2.05, 4.69) is 5.32 Å². The molecule has 9 heteroatoms.